The largest absolute Gasteiger partial charge is 0.378 e. The predicted octanol–water partition coefficient (Wildman–Crippen LogP) is 4.45. The van der Waals surface area contributed by atoms with Crippen molar-refractivity contribution in [3.05, 3.63) is 34.1 Å². The molecule has 0 amide bonds. The zero-order valence-corrected chi connectivity index (χ0v) is 12.1. The number of alkyl halides is 1. The fraction of sp³-hybridized carbons (Fsp3) is 0.500. The van der Waals surface area contributed by atoms with E-state index in [-0.39, 0.29) is 16.7 Å². The molecule has 0 aliphatic carbocycles. The summed E-state index contributed by atoms with van der Waals surface area (Å²) in [5.74, 6) is 0.233. The number of hydrogen-bond acceptors (Lipinski definition) is 1. The van der Waals surface area contributed by atoms with Gasteiger partial charge in [0.25, 0.3) is 0 Å². The van der Waals surface area contributed by atoms with Crippen molar-refractivity contribution in [2.24, 2.45) is 5.92 Å². The summed E-state index contributed by atoms with van der Waals surface area (Å²) in [6.07, 6.45) is 1.31. The lowest BCUT2D eigenvalue weighted by Crippen LogP contribution is -2.16. The fourth-order valence-electron chi connectivity index (χ4n) is 2.06. The van der Waals surface area contributed by atoms with Crippen molar-refractivity contribution in [1.29, 1.82) is 0 Å². The van der Waals surface area contributed by atoms with E-state index in [1.54, 1.807) is 0 Å². The van der Waals surface area contributed by atoms with Gasteiger partial charge in [0.1, 0.15) is 5.82 Å². The van der Waals surface area contributed by atoms with Crippen LogP contribution in [0.3, 0.4) is 0 Å². The van der Waals surface area contributed by atoms with Crippen LogP contribution in [-0.2, 0) is 4.74 Å². The minimum absolute atomic E-state index is 0.223. The molecule has 0 aromatic heterocycles. The molecule has 0 N–H and O–H groups in total. The van der Waals surface area contributed by atoms with Crippen molar-refractivity contribution < 1.29 is 9.13 Å². The van der Waals surface area contributed by atoms with E-state index >= 15 is 0 Å². The molecule has 2 rings (SSSR count). The molecule has 4 heteroatoms. The summed E-state index contributed by atoms with van der Waals surface area (Å²) in [6.45, 7) is 2.90. The molecule has 1 aliphatic rings. The fourth-order valence-corrected chi connectivity index (χ4v) is 3.44. The smallest absolute Gasteiger partial charge is 0.137 e. The van der Waals surface area contributed by atoms with Crippen LogP contribution >= 0.6 is 31.9 Å². The first-order chi connectivity index (χ1) is 7.59. The Balaban J connectivity index is 2.20. The molecule has 1 nitrogen and oxygen atoms in total. The molecule has 0 bridgehead atoms. The Morgan fingerprint density at radius 3 is 2.81 bits per heavy atom. The maximum Gasteiger partial charge on any atom is 0.137 e. The number of benzene rings is 1. The normalized spacial score (nSPS) is 27.0. The maximum atomic E-state index is 13.1. The Hall–Kier alpha value is 0.0700. The SMILES string of the molecule is CC1OCCC1C(Br)c1ccc(F)c(Br)c1. The summed E-state index contributed by atoms with van der Waals surface area (Å²) in [5.41, 5.74) is 1.09. The summed E-state index contributed by atoms with van der Waals surface area (Å²) in [7, 11) is 0. The van der Waals surface area contributed by atoms with Crippen LogP contribution in [0.5, 0.6) is 0 Å². The van der Waals surface area contributed by atoms with Gasteiger partial charge in [0.05, 0.1) is 10.6 Å². The molecule has 16 heavy (non-hydrogen) atoms. The van der Waals surface area contributed by atoms with Gasteiger partial charge in [-0.2, -0.15) is 0 Å². The molecule has 3 unspecified atom stereocenters. The summed E-state index contributed by atoms with van der Waals surface area (Å²) in [5, 5.41) is 0. The zero-order valence-electron chi connectivity index (χ0n) is 8.92. The topological polar surface area (TPSA) is 9.23 Å². The van der Waals surface area contributed by atoms with Gasteiger partial charge in [-0.1, -0.05) is 22.0 Å². The summed E-state index contributed by atoms with van der Waals surface area (Å²) >= 11 is 6.90. The molecule has 3 atom stereocenters. The molecule has 1 saturated heterocycles. The Kier molecular flexibility index (Phi) is 4.03. The van der Waals surface area contributed by atoms with Crippen LogP contribution in [0.15, 0.2) is 22.7 Å². The minimum Gasteiger partial charge on any atom is -0.378 e. The maximum absolute atomic E-state index is 13.1. The summed E-state index contributed by atoms with van der Waals surface area (Å²) < 4.78 is 19.2. The van der Waals surface area contributed by atoms with Gasteiger partial charge >= 0.3 is 0 Å². The third-order valence-electron chi connectivity index (χ3n) is 3.07. The van der Waals surface area contributed by atoms with Crippen molar-refractivity contribution in [3.63, 3.8) is 0 Å². The van der Waals surface area contributed by atoms with Gasteiger partial charge in [0, 0.05) is 17.4 Å². The molecular formula is C12H13Br2FO. The molecule has 88 valence electrons. The van der Waals surface area contributed by atoms with Crippen LogP contribution in [-0.4, -0.2) is 12.7 Å². The highest BCUT2D eigenvalue weighted by Crippen LogP contribution is 2.40. The lowest BCUT2D eigenvalue weighted by molar-refractivity contribution is 0.105. The lowest BCUT2D eigenvalue weighted by atomic mass is 9.94. The van der Waals surface area contributed by atoms with E-state index in [0.29, 0.717) is 10.4 Å². The van der Waals surface area contributed by atoms with Crippen LogP contribution in [0.2, 0.25) is 0 Å². The highest BCUT2D eigenvalue weighted by Gasteiger charge is 2.31. The van der Waals surface area contributed by atoms with Gasteiger partial charge in [-0.15, -0.1) is 0 Å². The average molecular weight is 352 g/mol. The van der Waals surface area contributed by atoms with Gasteiger partial charge in [-0.05, 0) is 47.0 Å². The first-order valence-corrected chi connectivity index (χ1v) is 7.01. The van der Waals surface area contributed by atoms with Crippen molar-refractivity contribution in [2.75, 3.05) is 6.61 Å². The van der Waals surface area contributed by atoms with E-state index in [0.717, 1.165) is 18.6 Å². The Morgan fingerprint density at radius 2 is 2.25 bits per heavy atom. The molecule has 1 aliphatic heterocycles. The van der Waals surface area contributed by atoms with E-state index in [1.807, 2.05) is 12.1 Å². The van der Waals surface area contributed by atoms with Gasteiger partial charge in [-0.25, -0.2) is 4.39 Å². The second kappa shape index (κ2) is 5.15. The standard InChI is InChI=1S/C12H13Br2FO/c1-7-9(4-5-16-7)12(14)8-2-3-11(15)10(13)6-8/h2-3,6-7,9,12H,4-5H2,1H3. The first-order valence-electron chi connectivity index (χ1n) is 5.30. The van der Waals surface area contributed by atoms with Gasteiger partial charge in [0.2, 0.25) is 0 Å². The predicted molar refractivity (Wildman–Crippen MR) is 69.3 cm³/mol. The highest BCUT2D eigenvalue weighted by atomic mass is 79.9. The van der Waals surface area contributed by atoms with Crippen LogP contribution in [0.25, 0.3) is 0 Å². The van der Waals surface area contributed by atoms with E-state index in [4.69, 9.17) is 4.74 Å². The van der Waals surface area contributed by atoms with Gasteiger partial charge in [-0.3, -0.25) is 0 Å². The first kappa shape index (κ1) is 12.5. The third-order valence-corrected chi connectivity index (χ3v) is 4.89. The van der Waals surface area contributed by atoms with E-state index < -0.39 is 0 Å². The molecule has 1 heterocycles. The van der Waals surface area contributed by atoms with Gasteiger partial charge in [0.15, 0.2) is 0 Å². The zero-order chi connectivity index (χ0) is 11.7. The summed E-state index contributed by atoms with van der Waals surface area (Å²) in [6, 6.07) is 5.15. The number of hydrogen-bond donors (Lipinski definition) is 0. The third kappa shape index (κ3) is 2.49. The second-order valence-corrected chi connectivity index (χ2v) is 5.94. The van der Waals surface area contributed by atoms with Crippen molar-refractivity contribution >= 4 is 31.9 Å². The van der Waals surface area contributed by atoms with Crippen LogP contribution < -0.4 is 0 Å². The van der Waals surface area contributed by atoms with E-state index in [9.17, 15) is 4.39 Å². The molecule has 1 aromatic rings. The Bertz CT molecular complexity index is 383. The van der Waals surface area contributed by atoms with Crippen LogP contribution in [0, 0.1) is 11.7 Å². The molecular weight excluding hydrogens is 339 g/mol. The number of halogens is 3. The van der Waals surface area contributed by atoms with Crippen molar-refractivity contribution in [1.82, 2.24) is 0 Å². The van der Waals surface area contributed by atoms with Crippen molar-refractivity contribution in [3.8, 4) is 0 Å². The quantitative estimate of drug-likeness (QED) is 0.715. The Labute approximate surface area is 112 Å². The lowest BCUT2D eigenvalue weighted by Gasteiger charge is -2.21. The monoisotopic (exact) mass is 350 g/mol. The molecule has 1 fully saturated rings. The molecule has 0 spiro atoms. The van der Waals surface area contributed by atoms with E-state index in [2.05, 4.69) is 38.8 Å². The molecule has 1 aromatic carbocycles. The Morgan fingerprint density at radius 1 is 1.50 bits per heavy atom. The van der Waals surface area contributed by atoms with Gasteiger partial charge < -0.3 is 4.74 Å². The molecule has 0 saturated carbocycles. The van der Waals surface area contributed by atoms with Crippen LogP contribution in [0.4, 0.5) is 4.39 Å². The summed E-state index contributed by atoms with van der Waals surface area (Å²) in [4.78, 5) is 0.224. The number of ether oxygens (including phenoxy) is 1. The average Bonchev–Trinajstić information content (AvgIpc) is 2.67. The van der Waals surface area contributed by atoms with Crippen LogP contribution in [0.1, 0.15) is 23.7 Å². The second-order valence-electron chi connectivity index (χ2n) is 4.10. The molecule has 0 radical (unpaired) electrons. The number of rotatable bonds is 2. The minimum atomic E-state index is -0.223. The highest BCUT2D eigenvalue weighted by molar-refractivity contribution is 9.10. The van der Waals surface area contributed by atoms with Crippen molar-refractivity contribution in [2.45, 2.75) is 24.3 Å². The van der Waals surface area contributed by atoms with E-state index in [1.165, 1.54) is 6.07 Å².